The number of carbonyl (C=O) groups excluding carboxylic acids is 2. The van der Waals surface area contributed by atoms with Crippen molar-refractivity contribution in [3.8, 4) is 0 Å². The van der Waals surface area contributed by atoms with E-state index in [0.717, 1.165) is 22.1 Å². The molecule has 1 aromatic carbocycles. The molecule has 1 atom stereocenters. The molecular weight excluding hydrogens is 346 g/mol. The molecule has 22 heavy (non-hydrogen) atoms. The summed E-state index contributed by atoms with van der Waals surface area (Å²) in [5.41, 5.74) is 1.44. The highest BCUT2D eigenvalue weighted by atomic mass is 79.9. The summed E-state index contributed by atoms with van der Waals surface area (Å²) in [5, 5.41) is 0. The number of amides is 1. The van der Waals surface area contributed by atoms with Crippen LogP contribution in [0.4, 0.5) is 10.5 Å². The van der Waals surface area contributed by atoms with E-state index in [1.54, 1.807) is 11.8 Å². The normalized spacial score (nSPS) is 17.3. The number of nitrogens with zero attached hydrogens (tertiary/aromatic N) is 1. The number of Topliss-reactive ketones (excluding diaryl/α,β-unsaturated/α-hetero) is 1. The fourth-order valence-electron chi connectivity index (χ4n) is 2.65. The van der Waals surface area contributed by atoms with Crippen LogP contribution in [0.2, 0.25) is 0 Å². The molecule has 0 unspecified atom stereocenters. The van der Waals surface area contributed by atoms with Gasteiger partial charge in [-0.1, -0.05) is 15.9 Å². The summed E-state index contributed by atoms with van der Waals surface area (Å²) in [5.74, 6) is 0.140. The second-order valence-electron chi connectivity index (χ2n) is 6.72. The summed E-state index contributed by atoms with van der Waals surface area (Å²) >= 11 is 3.46. The van der Waals surface area contributed by atoms with Gasteiger partial charge in [0, 0.05) is 16.9 Å². The van der Waals surface area contributed by atoms with Crippen LogP contribution in [0, 0.1) is 0 Å². The van der Waals surface area contributed by atoms with Crippen LogP contribution in [0.3, 0.4) is 0 Å². The van der Waals surface area contributed by atoms with Crippen LogP contribution < -0.4 is 4.90 Å². The van der Waals surface area contributed by atoms with Gasteiger partial charge >= 0.3 is 6.09 Å². The number of anilines is 1. The monoisotopic (exact) mass is 367 g/mol. The highest BCUT2D eigenvalue weighted by Crippen LogP contribution is 2.36. The van der Waals surface area contributed by atoms with Gasteiger partial charge in [0.05, 0.1) is 5.69 Å². The average molecular weight is 368 g/mol. The summed E-state index contributed by atoms with van der Waals surface area (Å²) in [7, 11) is 0. The number of ether oxygens (including phenoxy) is 1. The van der Waals surface area contributed by atoms with Crippen LogP contribution in [0.5, 0.6) is 0 Å². The zero-order chi connectivity index (χ0) is 16.5. The Balaban J connectivity index is 2.27. The number of carbonyl (C=O) groups is 2. The second-order valence-corrected chi connectivity index (χ2v) is 7.64. The first-order chi connectivity index (χ1) is 10.2. The molecule has 0 fully saturated rings. The fourth-order valence-corrected chi connectivity index (χ4v) is 3.06. The van der Waals surface area contributed by atoms with E-state index in [2.05, 4.69) is 15.9 Å². The molecule has 0 spiro atoms. The lowest BCUT2D eigenvalue weighted by Gasteiger charge is -2.29. The van der Waals surface area contributed by atoms with Gasteiger partial charge in [0.15, 0.2) is 0 Å². The topological polar surface area (TPSA) is 46.6 Å². The Labute approximate surface area is 140 Å². The fraction of sp³-hybridized carbons (Fsp3) is 0.529. The molecule has 0 radical (unpaired) electrons. The van der Waals surface area contributed by atoms with Crippen molar-refractivity contribution in [2.24, 2.45) is 0 Å². The van der Waals surface area contributed by atoms with E-state index in [4.69, 9.17) is 4.74 Å². The van der Waals surface area contributed by atoms with Gasteiger partial charge in [-0.3, -0.25) is 4.90 Å². The molecule has 2 rings (SSSR count). The van der Waals surface area contributed by atoms with E-state index in [1.165, 1.54) is 0 Å². The Morgan fingerprint density at radius 2 is 2.05 bits per heavy atom. The van der Waals surface area contributed by atoms with E-state index in [1.807, 2.05) is 39.0 Å². The van der Waals surface area contributed by atoms with Crippen molar-refractivity contribution in [2.75, 3.05) is 4.90 Å². The van der Waals surface area contributed by atoms with Gasteiger partial charge in [0.1, 0.15) is 11.4 Å². The molecule has 1 aromatic rings. The minimum absolute atomic E-state index is 0.0250. The van der Waals surface area contributed by atoms with Gasteiger partial charge in [-0.05, 0) is 64.3 Å². The van der Waals surface area contributed by atoms with Crippen molar-refractivity contribution >= 4 is 33.5 Å². The lowest BCUT2D eigenvalue weighted by Crippen LogP contribution is -2.41. The minimum atomic E-state index is -0.541. The Hall–Kier alpha value is -1.36. The van der Waals surface area contributed by atoms with Gasteiger partial charge in [-0.15, -0.1) is 0 Å². The third kappa shape index (κ3) is 4.09. The van der Waals surface area contributed by atoms with Crippen LogP contribution in [-0.2, 0) is 16.0 Å². The predicted octanol–water partition coefficient (Wildman–Crippen LogP) is 4.48. The van der Waals surface area contributed by atoms with E-state index < -0.39 is 5.60 Å². The molecule has 1 aliphatic rings. The summed E-state index contributed by atoms with van der Waals surface area (Å²) in [4.78, 5) is 25.6. The van der Waals surface area contributed by atoms with Crippen LogP contribution >= 0.6 is 15.9 Å². The van der Waals surface area contributed by atoms with Crippen molar-refractivity contribution in [1.82, 2.24) is 0 Å². The first kappa shape index (κ1) is 17.0. The van der Waals surface area contributed by atoms with Crippen molar-refractivity contribution in [2.45, 2.75) is 58.6 Å². The van der Waals surface area contributed by atoms with Gasteiger partial charge < -0.3 is 9.53 Å². The Kier molecular flexibility index (Phi) is 4.95. The average Bonchev–Trinajstić information content (AvgIpc) is 2.71. The molecule has 0 N–H and O–H groups in total. The van der Waals surface area contributed by atoms with Crippen molar-refractivity contribution in [3.63, 3.8) is 0 Å². The van der Waals surface area contributed by atoms with Crippen molar-refractivity contribution in [1.29, 1.82) is 0 Å². The maximum Gasteiger partial charge on any atom is 0.415 e. The van der Waals surface area contributed by atoms with E-state index in [0.29, 0.717) is 12.8 Å². The van der Waals surface area contributed by atoms with E-state index in [-0.39, 0.29) is 17.9 Å². The summed E-state index contributed by atoms with van der Waals surface area (Å²) < 4.78 is 6.52. The molecule has 0 aliphatic carbocycles. The van der Waals surface area contributed by atoms with E-state index in [9.17, 15) is 9.59 Å². The van der Waals surface area contributed by atoms with Gasteiger partial charge in [-0.25, -0.2) is 4.79 Å². The second kappa shape index (κ2) is 6.41. The first-order valence-electron chi connectivity index (χ1n) is 7.47. The predicted molar refractivity (Wildman–Crippen MR) is 90.3 cm³/mol. The highest BCUT2D eigenvalue weighted by molar-refractivity contribution is 9.10. The maximum atomic E-state index is 12.6. The quantitative estimate of drug-likeness (QED) is 0.790. The van der Waals surface area contributed by atoms with Crippen LogP contribution in [0.15, 0.2) is 22.7 Å². The Morgan fingerprint density at radius 1 is 1.36 bits per heavy atom. The maximum absolute atomic E-state index is 12.6. The van der Waals surface area contributed by atoms with Crippen molar-refractivity contribution < 1.29 is 14.3 Å². The lowest BCUT2D eigenvalue weighted by atomic mass is 10.0. The first-order valence-corrected chi connectivity index (χ1v) is 8.27. The number of hydrogen-bond donors (Lipinski definition) is 0. The van der Waals surface area contributed by atoms with Gasteiger partial charge in [0.25, 0.3) is 0 Å². The number of fused-ring (bicyclic) bond motifs is 1. The molecule has 0 saturated heterocycles. The van der Waals surface area contributed by atoms with Crippen LogP contribution in [-0.4, -0.2) is 23.5 Å². The zero-order valence-corrected chi connectivity index (χ0v) is 15.1. The number of hydrogen-bond acceptors (Lipinski definition) is 3. The van der Waals surface area contributed by atoms with Gasteiger partial charge in [0.2, 0.25) is 0 Å². The largest absolute Gasteiger partial charge is 0.443 e. The Morgan fingerprint density at radius 3 is 2.64 bits per heavy atom. The number of benzene rings is 1. The Bertz CT molecular complexity index is 592. The van der Waals surface area contributed by atoms with Crippen LogP contribution in [0.25, 0.3) is 0 Å². The number of halogens is 1. The standard InChI is InChI=1S/C17H22BrNO3/c1-11(20)5-7-14-10-12-9-13(18)6-8-15(12)19(14)16(21)22-17(2,3)4/h6,8-9,14H,5,7,10H2,1-4H3/t14-/m0/s1. The molecular formula is C17H22BrNO3. The van der Waals surface area contributed by atoms with Crippen molar-refractivity contribution in [3.05, 3.63) is 28.2 Å². The molecule has 5 heteroatoms. The highest BCUT2D eigenvalue weighted by Gasteiger charge is 2.36. The van der Waals surface area contributed by atoms with Gasteiger partial charge in [-0.2, -0.15) is 0 Å². The molecule has 1 amide bonds. The molecule has 0 aromatic heterocycles. The summed E-state index contributed by atoms with van der Waals surface area (Å²) in [6, 6.07) is 5.85. The number of rotatable bonds is 3. The minimum Gasteiger partial charge on any atom is -0.443 e. The molecule has 1 heterocycles. The summed E-state index contributed by atoms with van der Waals surface area (Å²) in [6.45, 7) is 7.15. The molecule has 0 saturated carbocycles. The third-order valence-corrected chi connectivity index (χ3v) is 4.03. The lowest BCUT2D eigenvalue weighted by molar-refractivity contribution is -0.117. The SMILES string of the molecule is CC(=O)CC[C@H]1Cc2cc(Br)ccc2N1C(=O)OC(C)(C)C. The third-order valence-electron chi connectivity index (χ3n) is 3.54. The molecule has 4 nitrogen and oxygen atoms in total. The van der Waals surface area contributed by atoms with Crippen LogP contribution in [0.1, 0.15) is 46.1 Å². The smallest absolute Gasteiger partial charge is 0.415 e. The zero-order valence-electron chi connectivity index (χ0n) is 13.5. The molecule has 0 bridgehead atoms. The summed E-state index contributed by atoms with van der Waals surface area (Å²) in [6.07, 6.45) is 1.53. The molecule has 1 aliphatic heterocycles. The molecule has 120 valence electrons. The van der Waals surface area contributed by atoms with E-state index >= 15 is 0 Å². The number of ketones is 1.